The van der Waals surface area contributed by atoms with Crippen LogP contribution in [0, 0.1) is 5.82 Å². The minimum Gasteiger partial charge on any atom is -0.481 e. The molecule has 0 bridgehead atoms. The van der Waals surface area contributed by atoms with Gasteiger partial charge in [-0.1, -0.05) is 25.3 Å². The number of halogens is 2. The first-order valence-corrected chi connectivity index (χ1v) is 6.54. The Kier molecular flexibility index (Phi) is 3.52. The van der Waals surface area contributed by atoms with E-state index in [1.54, 1.807) is 12.1 Å². The molecule has 0 aromatic heterocycles. The zero-order valence-electron chi connectivity index (χ0n) is 9.38. The highest BCUT2D eigenvalue weighted by Crippen LogP contribution is 2.40. The molecule has 2 nitrogen and oxygen atoms in total. The average molecular weight is 301 g/mol. The molecule has 2 rings (SSSR count). The summed E-state index contributed by atoms with van der Waals surface area (Å²) in [5.41, 5.74) is -0.118. The van der Waals surface area contributed by atoms with Crippen molar-refractivity contribution in [3.63, 3.8) is 0 Å². The maximum absolute atomic E-state index is 13.2. The number of aliphatic carboxylic acids is 1. The van der Waals surface area contributed by atoms with E-state index >= 15 is 0 Å². The first kappa shape index (κ1) is 12.6. The van der Waals surface area contributed by atoms with E-state index < -0.39 is 11.4 Å². The lowest BCUT2D eigenvalue weighted by atomic mass is 9.69. The normalized spacial score (nSPS) is 18.9. The van der Waals surface area contributed by atoms with Crippen molar-refractivity contribution in [3.05, 3.63) is 34.1 Å². The molecule has 1 aromatic rings. The highest BCUT2D eigenvalue weighted by molar-refractivity contribution is 9.10. The Morgan fingerprint density at radius 1 is 1.29 bits per heavy atom. The summed E-state index contributed by atoms with van der Waals surface area (Å²) in [6.45, 7) is 0. The van der Waals surface area contributed by atoms with E-state index in [0.29, 0.717) is 22.9 Å². The first-order chi connectivity index (χ1) is 8.06. The summed E-state index contributed by atoms with van der Waals surface area (Å²) >= 11 is 3.12. The second kappa shape index (κ2) is 4.77. The van der Waals surface area contributed by atoms with E-state index in [9.17, 15) is 14.3 Å². The van der Waals surface area contributed by atoms with Crippen molar-refractivity contribution < 1.29 is 14.3 Å². The molecule has 1 aliphatic rings. The summed E-state index contributed by atoms with van der Waals surface area (Å²) in [6.07, 6.45) is 4.20. The molecule has 1 aromatic carbocycles. The van der Waals surface area contributed by atoms with E-state index in [-0.39, 0.29) is 5.82 Å². The smallest absolute Gasteiger partial charge is 0.314 e. The van der Waals surface area contributed by atoms with Gasteiger partial charge in [-0.3, -0.25) is 4.79 Å². The fourth-order valence-corrected chi connectivity index (χ4v) is 2.95. The Hall–Kier alpha value is -0.900. The van der Waals surface area contributed by atoms with Crippen LogP contribution in [-0.4, -0.2) is 11.1 Å². The van der Waals surface area contributed by atoms with Crippen molar-refractivity contribution in [2.75, 3.05) is 0 Å². The molecule has 1 aliphatic carbocycles. The Labute approximate surface area is 108 Å². The van der Waals surface area contributed by atoms with Crippen LogP contribution in [0.2, 0.25) is 0 Å². The van der Waals surface area contributed by atoms with Gasteiger partial charge in [-0.2, -0.15) is 0 Å². The quantitative estimate of drug-likeness (QED) is 0.900. The van der Waals surface area contributed by atoms with Gasteiger partial charge in [-0.25, -0.2) is 4.39 Å². The van der Waals surface area contributed by atoms with Crippen molar-refractivity contribution in [2.45, 2.75) is 37.5 Å². The highest BCUT2D eigenvalue weighted by Gasteiger charge is 2.41. The van der Waals surface area contributed by atoms with Crippen LogP contribution in [0.1, 0.15) is 37.7 Å². The molecule has 1 fully saturated rings. The van der Waals surface area contributed by atoms with Gasteiger partial charge in [-0.05, 0) is 46.5 Å². The minimum atomic E-state index is -0.825. The number of carboxylic acid groups (broad SMARTS) is 1. The number of rotatable bonds is 2. The van der Waals surface area contributed by atoms with Gasteiger partial charge in [0, 0.05) is 0 Å². The van der Waals surface area contributed by atoms with Gasteiger partial charge >= 0.3 is 5.97 Å². The summed E-state index contributed by atoms with van der Waals surface area (Å²) in [5.74, 6) is -1.15. The number of carboxylic acids is 1. The Morgan fingerprint density at radius 3 is 2.47 bits per heavy atom. The summed E-state index contributed by atoms with van der Waals surface area (Å²) in [6, 6.07) is 4.53. The monoisotopic (exact) mass is 300 g/mol. The third kappa shape index (κ3) is 2.23. The lowest BCUT2D eigenvalue weighted by Gasteiger charge is -2.33. The Balaban J connectivity index is 2.45. The summed E-state index contributed by atoms with van der Waals surface area (Å²) in [5, 5.41) is 9.49. The standard InChI is InChI=1S/C13H14BrFO2/c14-10-8-9(4-5-11(10)15)13(12(16)17)6-2-1-3-7-13/h4-5,8H,1-3,6-7H2,(H,16,17). The number of benzene rings is 1. The number of carbonyl (C=O) groups is 1. The Morgan fingerprint density at radius 2 is 1.94 bits per heavy atom. The van der Waals surface area contributed by atoms with Gasteiger partial charge < -0.3 is 5.11 Å². The van der Waals surface area contributed by atoms with Crippen LogP contribution in [0.3, 0.4) is 0 Å². The molecule has 0 aliphatic heterocycles. The summed E-state index contributed by atoms with van der Waals surface area (Å²) < 4.78 is 13.5. The highest BCUT2D eigenvalue weighted by atomic mass is 79.9. The molecule has 92 valence electrons. The second-order valence-corrected chi connectivity index (χ2v) is 5.43. The number of hydrogen-bond acceptors (Lipinski definition) is 1. The maximum atomic E-state index is 13.2. The van der Waals surface area contributed by atoms with Crippen LogP contribution in [0.4, 0.5) is 4.39 Å². The number of hydrogen-bond donors (Lipinski definition) is 1. The molecule has 0 heterocycles. The average Bonchev–Trinajstić information content (AvgIpc) is 2.33. The lowest BCUT2D eigenvalue weighted by molar-refractivity contribution is -0.145. The van der Waals surface area contributed by atoms with E-state index in [4.69, 9.17) is 0 Å². The van der Waals surface area contributed by atoms with Gasteiger partial charge in [0.1, 0.15) is 5.82 Å². The topological polar surface area (TPSA) is 37.3 Å². The third-order valence-corrected chi connectivity index (χ3v) is 4.20. The van der Waals surface area contributed by atoms with Gasteiger partial charge in [0.2, 0.25) is 0 Å². The minimum absolute atomic E-state index is 0.334. The third-order valence-electron chi connectivity index (χ3n) is 3.59. The molecule has 0 saturated heterocycles. The maximum Gasteiger partial charge on any atom is 0.314 e. The largest absolute Gasteiger partial charge is 0.481 e. The molecule has 1 N–H and O–H groups in total. The predicted octanol–water partition coefficient (Wildman–Crippen LogP) is 3.87. The van der Waals surface area contributed by atoms with Crippen LogP contribution < -0.4 is 0 Å². The SMILES string of the molecule is O=C(O)C1(c2ccc(F)c(Br)c2)CCCCC1. The van der Waals surface area contributed by atoms with Crippen LogP contribution >= 0.6 is 15.9 Å². The molecule has 17 heavy (non-hydrogen) atoms. The Bertz CT molecular complexity index is 439. The van der Waals surface area contributed by atoms with E-state index in [2.05, 4.69) is 15.9 Å². The molecule has 0 radical (unpaired) electrons. The fourth-order valence-electron chi connectivity index (χ4n) is 2.58. The van der Waals surface area contributed by atoms with Crippen molar-refractivity contribution in [1.29, 1.82) is 0 Å². The van der Waals surface area contributed by atoms with Crippen molar-refractivity contribution in [1.82, 2.24) is 0 Å². The van der Waals surface area contributed by atoms with Crippen LogP contribution in [0.5, 0.6) is 0 Å². The van der Waals surface area contributed by atoms with Gasteiger partial charge in [0.05, 0.1) is 9.89 Å². The lowest BCUT2D eigenvalue weighted by Crippen LogP contribution is -2.37. The van der Waals surface area contributed by atoms with Crippen LogP contribution in [0.15, 0.2) is 22.7 Å². The van der Waals surface area contributed by atoms with Crippen LogP contribution in [0.25, 0.3) is 0 Å². The van der Waals surface area contributed by atoms with E-state index in [0.717, 1.165) is 19.3 Å². The molecule has 0 atom stereocenters. The molecule has 0 amide bonds. The van der Waals surface area contributed by atoms with E-state index in [1.807, 2.05) is 0 Å². The van der Waals surface area contributed by atoms with Gasteiger partial charge in [-0.15, -0.1) is 0 Å². The fraction of sp³-hybridized carbons (Fsp3) is 0.462. The van der Waals surface area contributed by atoms with Crippen molar-refractivity contribution in [2.24, 2.45) is 0 Å². The molecular weight excluding hydrogens is 287 g/mol. The van der Waals surface area contributed by atoms with Gasteiger partial charge in [0.25, 0.3) is 0 Å². The van der Waals surface area contributed by atoms with Crippen molar-refractivity contribution >= 4 is 21.9 Å². The zero-order chi connectivity index (χ0) is 12.5. The summed E-state index contributed by atoms with van der Waals surface area (Å²) in [4.78, 5) is 11.6. The predicted molar refractivity (Wildman–Crippen MR) is 66.5 cm³/mol. The van der Waals surface area contributed by atoms with Gasteiger partial charge in [0.15, 0.2) is 0 Å². The summed E-state index contributed by atoms with van der Waals surface area (Å²) in [7, 11) is 0. The second-order valence-electron chi connectivity index (χ2n) is 4.58. The molecular formula is C13H14BrFO2. The zero-order valence-corrected chi connectivity index (χ0v) is 11.0. The molecule has 4 heteroatoms. The molecule has 0 unspecified atom stereocenters. The first-order valence-electron chi connectivity index (χ1n) is 5.75. The molecule has 1 saturated carbocycles. The van der Waals surface area contributed by atoms with Crippen molar-refractivity contribution in [3.8, 4) is 0 Å². The van der Waals surface area contributed by atoms with E-state index in [1.165, 1.54) is 6.07 Å². The van der Waals surface area contributed by atoms with Crippen LogP contribution in [-0.2, 0) is 10.2 Å². The molecule has 0 spiro atoms.